The molecule has 11 atom stereocenters. The van der Waals surface area contributed by atoms with Crippen molar-refractivity contribution in [3.63, 3.8) is 0 Å². The smallest absolute Gasteiger partial charge is 0.497 e. The molecule has 0 bridgehead atoms. The van der Waals surface area contributed by atoms with E-state index in [2.05, 4.69) is 15.3 Å². The topological polar surface area (TPSA) is 421 Å². The van der Waals surface area contributed by atoms with E-state index in [1.54, 1.807) is 16.9 Å². The summed E-state index contributed by atoms with van der Waals surface area (Å²) in [6.07, 6.45) is -12.7. The summed E-state index contributed by atoms with van der Waals surface area (Å²) < 4.78 is 81.6. The number of amides is 4. The van der Waals surface area contributed by atoms with E-state index in [1.807, 2.05) is 0 Å². The molecule has 2 saturated heterocycles. The van der Waals surface area contributed by atoms with Gasteiger partial charge in [-0.2, -0.15) is 0 Å². The van der Waals surface area contributed by atoms with Gasteiger partial charge < -0.3 is 97.2 Å². The lowest BCUT2D eigenvalue weighted by Gasteiger charge is -2.39. The monoisotopic (exact) mass is 1320 g/mol. The number of Topliss-reactive ketones (excluding diaryl/α,β-unsaturated/α-hetero) is 1. The van der Waals surface area contributed by atoms with Crippen LogP contribution < -0.4 is 27.5 Å². The maximum Gasteiger partial charge on any atom is 0.501 e. The summed E-state index contributed by atoms with van der Waals surface area (Å²) in [6, 6.07) is 13.6. The van der Waals surface area contributed by atoms with Crippen molar-refractivity contribution >= 4 is 78.8 Å². The van der Waals surface area contributed by atoms with Gasteiger partial charge in [0, 0.05) is 79.1 Å². The van der Waals surface area contributed by atoms with E-state index in [-0.39, 0.29) is 96.9 Å². The maximum atomic E-state index is 14.9. The van der Waals surface area contributed by atoms with Crippen LogP contribution in [0.1, 0.15) is 55.3 Å². The highest BCUT2D eigenvalue weighted by Gasteiger charge is 2.47. The number of carbonyl (C=O) groups excluding carboxylic acids is 5. The van der Waals surface area contributed by atoms with Gasteiger partial charge in [0.2, 0.25) is 12.6 Å². The van der Waals surface area contributed by atoms with Crippen LogP contribution in [0.5, 0.6) is 28.7 Å². The van der Waals surface area contributed by atoms with Crippen molar-refractivity contribution in [1.29, 1.82) is 0 Å². The second-order valence-corrected chi connectivity index (χ2v) is 23.3. The van der Waals surface area contributed by atoms with Crippen molar-refractivity contribution in [2.75, 3.05) is 84.2 Å². The molecular weight excluding hydrogens is 1260 g/mol. The summed E-state index contributed by atoms with van der Waals surface area (Å²) in [5.74, 6) is -4.75. The summed E-state index contributed by atoms with van der Waals surface area (Å²) in [5, 5.41) is 92.1. The van der Waals surface area contributed by atoms with Gasteiger partial charge in [-0.15, -0.1) is 25.1 Å². The molecule has 2 aromatic heterocycles. The second kappa shape index (κ2) is 28.5. The number of aliphatic hydroxyl groups is 8. The van der Waals surface area contributed by atoms with Gasteiger partial charge in [-0.25, -0.2) is 4.68 Å². The molecule has 6 heterocycles. The van der Waals surface area contributed by atoms with Crippen molar-refractivity contribution in [2.24, 2.45) is 0 Å². The molecule has 0 saturated carbocycles. The zero-order valence-electron chi connectivity index (χ0n) is 49.4. The Kier molecular flexibility index (Phi) is 20.8. The summed E-state index contributed by atoms with van der Waals surface area (Å²) >= 11 is 6.62. The number of ketones is 1. The van der Waals surface area contributed by atoms with Crippen LogP contribution in [0.25, 0.3) is 21.7 Å². The Labute approximate surface area is 528 Å². The molecule has 9 N–H and O–H groups in total. The number of H-pyrrole nitrogens is 1. The highest BCUT2D eigenvalue weighted by Crippen LogP contribution is 2.48. The van der Waals surface area contributed by atoms with E-state index < -0.39 is 132 Å². The number of hydrogen-bond acceptors (Lipinski definition) is 26. The van der Waals surface area contributed by atoms with E-state index in [1.165, 1.54) is 85.5 Å². The van der Waals surface area contributed by atoms with Crippen molar-refractivity contribution in [1.82, 2.24) is 29.8 Å². The number of methoxy groups -OCH3 is 1. The predicted molar refractivity (Wildman–Crippen MR) is 318 cm³/mol. The molecule has 4 aliphatic rings. The Morgan fingerprint density at radius 1 is 0.750 bits per heavy atom. The molecule has 6 aromatic rings. The third kappa shape index (κ3) is 14.2. The standard InChI is InChI=1S/C59H66ClN7O24S/c1-29(70)47-40(87-59-55(78)53(76)51(74)44(28-69)89-59)9-4-30-20-37(61-49(30)47)57(80)67-25-32(24-60)48-36-22-34(83-3)6-7-35(36)41(23-38(48)67)90-92(81,82)91-42-21-31(5-8-39(42)86-58-54(77)52(75)50(73)43(27-68)88-58)56(79)64(2)13-17-85-18-14-65-26-33(62-63-65)12-16-84-19-15-66-45(71)10-11-46(66)72/h4-11,20-23,26,32,43-44,50-55,58-59,61,68-69,73-78H,12-19,24-25,27-28H2,1-3H3/t32-,43-,44-,50+,51+,52+,53+,54-,55-,58-,59?/m1/s1. The van der Waals surface area contributed by atoms with Crippen LogP contribution in [0.2, 0.25) is 0 Å². The van der Waals surface area contributed by atoms with E-state index in [4.69, 9.17) is 53.1 Å². The SMILES string of the molecule is COc1ccc2c(OS(=O)(=O)Oc3cc(C(=O)N(C)CCOCCn4cc(CCOCCN5C(=O)C=CC5=O)nn4)ccc3O[C@@H]3O[C@H](CO)[C@H](O)[C@H](O)[C@H]3O)cc3c(c2c1)[C@H](CCl)CN3C(=O)c1cc2ccc(OC3O[C@H](CO)[C@H](O)[C@H](O)[C@H]3O)c(C(C)=O)c2[nH]1. The molecule has 4 aliphatic heterocycles. The molecule has 0 aliphatic carbocycles. The molecule has 33 heteroatoms. The van der Waals surface area contributed by atoms with E-state index in [0.29, 0.717) is 40.7 Å². The second-order valence-electron chi connectivity index (χ2n) is 21.8. The molecule has 2 fully saturated rings. The molecule has 0 radical (unpaired) electrons. The molecule has 92 heavy (non-hydrogen) atoms. The fraction of sp³-hybridized carbons (Fsp3) is 0.441. The van der Waals surface area contributed by atoms with E-state index in [9.17, 15) is 73.2 Å². The number of ether oxygens (including phenoxy) is 7. The number of halogens is 1. The Morgan fingerprint density at radius 3 is 2.04 bits per heavy atom. The number of likely N-dealkylation sites (N-methyl/N-ethyl adjacent to an activating group) is 1. The summed E-state index contributed by atoms with van der Waals surface area (Å²) in [6.45, 7) is 0.630. The Morgan fingerprint density at radius 2 is 1.39 bits per heavy atom. The average molecular weight is 1320 g/mol. The molecule has 4 amide bonds. The number of nitrogens with one attached hydrogen (secondary N) is 1. The maximum absolute atomic E-state index is 14.9. The fourth-order valence-electron chi connectivity index (χ4n) is 10.9. The minimum atomic E-state index is -5.38. The van der Waals surface area contributed by atoms with Gasteiger partial charge in [0.25, 0.3) is 23.6 Å². The summed E-state index contributed by atoms with van der Waals surface area (Å²) in [5.41, 5.74) is 1.04. The number of carbonyl (C=O) groups is 5. The zero-order chi connectivity index (χ0) is 65.9. The number of imide groups is 1. The summed E-state index contributed by atoms with van der Waals surface area (Å²) in [4.78, 5) is 72.4. The molecular formula is C59H66ClN7O24S. The lowest BCUT2D eigenvalue weighted by Crippen LogP contribution is -2.60. The molecule has 1 unspecified atom stereocenters. The Balaban J connectivity index is 0.873. The highest BCUT2D eigenvalue weighted by molar-refractivity contribution is 7.82. The Bertz CT molecular complexity index is 3860. The number of anilines is 1. The van der Waals surface area contributed by atoms with E-state index >= 15 is 0 Å². The fourth-order valence-corrected chi connectivity index (χ4v) is 11.9. The van der Waals surface area contributed by atoms with Gasteiger partial charge in [0.15, 0.2) is 23.0 Å². The predicted octanol–water partition coefficient (Wildman–Crippen LogP) is -0.560. The van der Waals surface area contributed by atoms with Crippen LogP contribution in [0.4, 0.5) is 5.69 Å². The van der Waals surface area contributed by atoms with Crippen LogP contribution in [0.15, 0.2) is 79.0 Å². The van der Waals surface area contributed by atoms with Crippen LogP contribution >= 0.6 is 11.6 Å². The van der Waals surface area contributed by atoms with E-state index in [0.717, 1.165) is 17.0 Å². The Hall–Kier alpha value is -7.93. The first-order valence-corrected chi connectivity index (χ1v) is 30.6. The van der Waals surface area contributed by atoms with Crippen LogP contribution in [0, 0.1) is 0 Å². The van der Waals surface area contributed by atoms with Crippen molar-refractivity contribution < 1.29 is 115 Å². The first kappa shape index (κ1) is 67.0. The first-order chi connectivity index (χ1) is 44.0. The average Bonchev–Trinajstić information content (AvgIpc) is 1.57. The molecule has 10 rings (SSSR count). The van der Waals surface area contributed by atoms with Crippen molar-refractivity contribution in [3.8, 4) is 28.7 Å². The molecule has 0 spiro atoms. The van der Waals surface area contributed by atoms with Crippen LogP contribution in [-0.2, 0) is 51.9 Å². The normalized spacial score (nSPS) is 23.9. The van der Waals surface area contributed by atoms with Crippen LogP contribution in [0.3, 0.4) is 0 Å². The minimum Gasteiger partial charge on any atom is -0.497 e. The highest BCUT2D eigenvalue weighted by atomic mass is 35.5. The van der Waals surface area contributed by atoms with Crippen LogP contribution in [-0.4, -0.2) is 249 Å². The van der Waals surface area contributed by atoms with Gasteiger partial charge in [0.1, 0.15) is 66.0 Å². The van der Waals surface area contributed by atoms with Crippen molar-refractivity contribution in [2.45, 2.75) is 87.2 Å². The number of rotatable bonds is 27. The number of aliphatic hydroxyl groups excluding tert-OH is 8. The van der Waals surface area contributed by atoms with Gasteiger partial charge in [-0.3, -0.25) is 28.9 Å². The molecule has 4 aromatic carbocycles. The minimum absolute atomic E-state index is 0.0224. The zero-order valence-corrected chi connectivity index (χ0v) is 51.0. The quantitative estimate of drug-likeness (QED) is 0.0135. The third-order valence-corrected chi connectivity index (χ3v) is 16.9. The number of hydrogen-bond donors (Lipinski definition) is 9. The lowest BCUT2D eigenvalue weighted by atomic mass is 9.95. The van der Waals surface area contributed by atoms with Gasteiger partial charge in [0.05, 0.1) is 82.3 Å². The number of nitrogens with zero attached hydrogens (tertiary/aromatic N) is 6. The molecule has 31 nitrogen and oxygen atoms in total. The molecule has 494 valence electrons. The first-order valence-electron chi connectivity index (χ1n) is 28.8. The van der Waals surface area contributed by atoms with Gasteiger partial charge in [-0.05, 0) is 72.5 Å². The number of alkyl halides is 1. The summed E-state index contributed by atoms with van der Waals surface area (Å²) in [7, 11) is -2.53. The largest absolute Gasteiger partial charge is 0.501 e. The number of benzene rings is 4. The number of fused-ring (bicyclic) bond motifs is 4. The van der Waals surface area contributed by atoms with Gasteiger partial charge >= 0.3 is 10.4 Å². The lowest BCUT2D eigenvalue weighted by molar-refractivity contribution is -0.277. The van der Waals surface area contributed by atoms with Gasteiger partial charge in [-0.1, -0.05) is 5.21 Å². The third-order valence-electron chi connectivity index (χ3n) is 15.8. The number of aromatic nitrogens is 4. The number of aromatic amines is 1. The van der Waals surface area contributed by atoms with Crippen molar-refractivity contribution in [3.05, 3.63) is 107 Å².